The second-order valence-corrected chi connectivity index (χ2v) is 4.51. The van der Waals surface area contributed by atoms with Crippen molar-refractivity contribution < 1.29 is 0 Å². The fourth-order valence-corrected chi connectivity index (χ4v) is 1.96. The van der Waals surface area contributed by atoms with Gasteiger partial charge in [0.15, 0.2) is 11.5 Å². The fourth-order valence-electron chi connectivity index (χ4n) is 1.96. The lowest BCUT2D eigenvalue weighted by atomic mass is 10.2. The van der Waals surface area contributed by atoms with Crippen LogP contribution in [0, 0.1) is 0 Å². The zero-order valence-electron chi connectivity index (χ0n) is 11.7. The third kappa shape index (κ3) is 3.56. The normalized spacial score (nSPS) is 10.8. The van der Waals surface area contributed by atoms with Gasteiger partial charge in [-0.3, -0.25) is 0 Å². The number of hydrogen-bond acceptors (Lipinski definition) is 5. The van der Waals surface area contributed by atoms with Crippen molar-refractivity contribution in [2.75, 3.05) is 23.7 Å². The molecular formula is C13H22N6. The van der Waals surface area contributed by atoms with E-state index in [0.29, 0.717) is 11.6 Å². The minimum Gasteiger partial charge on any atom is -0.368 e. The average molecular weight is 262 g/mol. The third-order valence-corrected chi connectivity index (χ3v) is 2.94. The molecule has 0 spiro atoms. The highest BCUT2D eigenvalue weighted by Crippen LogP contribution is 2.18. The van der Waals surface area contributed by atoms with E-state index in [4.69, 9.17) is 0 Å². The summed E-state index contributed by atoms with van der Waals surface area (Å²) in [4.78, 5) is 16.1. The maximum Gasteiger partial charge on any atom is 0.226 e. The summed E-state index contributed by atoms with van der Waals surface area (Å²) < 4.78 is 0. The van der Waals surface area contributed by atoms with E-state index in [1.807, 2.05) is 6.92 Å². The molecule has 0 aliphatic rings. The molecule has 2 aromatic heterocycles. The Balaban J connectivity index is 2.04. The van der Waals surface area contributed by atoms with E-state index in [1.165, 1.54) is 19.3 Å². The van der Waals surface area contributed by atoms with Crippen LogP contribution in [0.3, 0.4) is 0 Å². The highest BCUT2D eigenvalue weighted by Gasteiger charge is 2.08. The van der Waals surface area contributed by atoms with Crippen molar-refractivity contribution in [3.63, 3.8) is 0 Å². The number of aromatic amines is 1. The van der Waals surface area contributed by atoms with E-state index < -0.39 is 0 Å². The van der Waals surface area contributed by atoms with E-state index >= 15 is 0 Å². The smallest absolute Gasteiger partial charge is 0.226 e. The zero-order valence-corrected chi connectivity index (χ0v) is 11.7. The lowest BCUT2D eigenvalue weighted by Crippen LogP contribution is -2.08. The Kier molecular flexibility index (Phi) is 4.94. The van der Waals surface area contributed by atoms with E-state index in [-0.39, 0.29) is 0 Å². The summed E-state index contributed by atoms with van der Waals surface area (Å²) in [6.07, 6.45) is 6.60. The summed E-state index contributed by atoms with van der Waals surface area (Å²) in [7, 11) is 0. The first-order valence-corrected chi connectivity index (χ1v) is 7.04. The lowest BCUT2D eigenvalue weighted by Gasteiger charge is -2.08. The van der Waals surface area contributed by atoms with Crippen molar-refractivity contribution in [3.8, 4) is 0 Å². The maximum absolute atomic E-state index is 4.48. The topological polar surface area (TPSA) is 78.5 Å². The largest absolute Gasteiger partial charge is 0.368 e. The minimum absolute atomic E-state index is 0.623. The zero-order chi connectivity index (χ0) is 13.5. The van der Waals surface area contributed by atoms with Gasteiger partial charge in [-0.05, 0) is 13.3 Å². The molecular weight excluding hydrogens is 240 g/mol. The summed E-state index contributed by atoms with van der Waals surface area (Å²) in [6.45, 7) is 5.97. The van der Waals surface area contributed by atoms with Crippen molar-refractivity contribution in [3.05, 3.63) is 6.33 Å². The maximum atomic E-state index is 4.48. The monoisotopic (exact) mass is 262 g/mol. The van der Waals surface area contributed by atoms with Gasteiger partial charge in [-0.15, -0.1) is 0 Å². The van der Waals surface area contributed by atoms with Crippen LogP contribution in [0.25, 0.3) is 11.2 Å². The van der Waals surface area contributed by atoms with Crippen LogP contribution >= 0.6 is 0 Å². The molecule has 0 fully saturated rings. The number of nitrogens with zero attached hydrogens (tertiary/aromatic N) is 3. The van der Waals surface area contributed by atoms with Gasteiger partial charge in [0, 0.05) is 13.1 Å². The van der Waals surface area contributed by atoms with Gasteiger partial charge in [0.1, 0.15) is 5.52 Å². The van der Waals surface area contributed by atoms with E-state index in [9.17, 15) is 0 Å². The number of nitrogens with one attached hydrogen (secondary N) is 3. The first kappa shape index (κ1) is 13.6. The van der Waals surface area contributed by atoms with Crippen LogP contribution in [-0.4, -0.2) is 33.0 Å². The van der Waals surface area contributed by atoms with Gasteiger partial charge in [-0.1, -0.05) is 26.2 Å². The molecule has 19 heavy (non-hydrogen) atoms. The van der Waals surface area contributed by atoms with Crippen molar-refractivity contribution in [2.24, 2.45) is 0 Å². The second kappa shape index (κ2) is 6.92. The van der Waals surface area contributed by atoms with Crippen molar-refractivity contribution in [1.82, 2.24) is 19.9 Å². The molecule has 0 bridgehead atoms. The molecule has 6 nitrogen and oxygen atoms in total. The molecule has 0 saturated carbocycles. The number of aromatic nitrogens is 4. The standard InChI is InChI=1S/C13H22N6/c1-3-5-6-7-8-15-11-10-12(17-9-16-10)19-13(18-11)14-4-2/h9H,3-8H2,1-2H3,(H3,14,15,16,17,18,19). The minimum atomic E-state index is 0.623. The second-order valence-electron chi connectivity index (χ2n) is 4.51. The summed E-state index contributed by atoms with van der Waals surface area (Å²) >= 11 is 0. The van der Waals surface area contributed by atoms with Gasteiger partial charge >= 0.3 is 0 Å². The molecule has 0 aliphatic carbocycles. The Morgan fingerprint density at radius 1 is 1.11 bits per heavy atom. The van der Waals surface area contributed by atoms with Crippen LogP contribution in [0.2, 0.25) is 0 Å². The number of imidazole rings is 1. The molecule has 104 valence electrons. The van der Waals surface area contributed by atoms with Crippen LogP contribution in [0.5, 0.6) is 0 Å². The molecule has 2 rings (SSSR count). The van der Waals surface area contributed by atoms with Crippen LogP contribution in [0.1, 0.15) is 39.5 Å². The molecule has 0 saturated heterocycles. The quantitative estimate of drug-likeness (QED) is 0.638. The van der Waals surface area contributed by atoms with Gasteiger partial charge in [-0.2, -0.15) is 9.97 Å². The Hall–Kier alpha value is -1.85. The number of unbranched alkanes of at least 4 members (excludes halogenated alkanes) is 3. The van der Waals surface area contributed by atoms with Crippen LogP contribution in [-0.2, 0) is 0 Å². The third-order valence-electron chi connectivity index (χ3n) is 2.94. The Labute approximate surface area is 113 Å². The first-order chi connectivity index (χ1) is 9.35. The molecule has 0 radical (unpaired) electrons. The molecule has 0 unspecified atom stereocenters. The van der Waals surface area contributed by atoms with Crippen molar-refractivity contribution >= 4 is 22.9 Å². The van der Waals surface area contributed by atoms with Crippen molar-refractivity contribution in [2.45, 2.75) is 39.5 Å². The summed E-state index contributed by atoms with van der Waals surface area (Å²) in [5.41, 5.74) is 1.57. The van der Waals surface area contributed by atoms with Crippen LogP contribution in [0.15, 0.2) is 6.33 Å². The molecule has 3 N–H and O–H groups in total. The Morgan fingerprint density at radius 2 is 2.00 bits per heavy atom. The SMILES string of the molecule is CCCCCCNc1nc(NCC)nc2nc[nH]c12. The van der Waals surface area contributed by atoms with E-state index in [2.05, 4.69) is 37.5 Å². The number of hydrogen-bond donors (Lipinski definition) is 3. The van der Waals surface area contributed by atoms with E-state index in [1.54, 1.807) is 6.33 Å². The number of anilines is 2. The molecule has 6 heteroatoms. The van der Waals surface area contributed by atoms with Crippen molar-refractivity contribution in [1.29, 1.82) is 0 Å². The predicted molar refractivity (Wildman–Crippen MR) is 78.5 cm³/mol. The fraction of sp³-hybridized carbons (Fsp3) is 0.615. The number of rotatable bonds is 8. The highest BCUT2D eigenvalue weighted by molar-refractivity contribution is 5.83. The Morgan fingerprint density at radius 3 is 2.79 bits per heavy atom. The van der Waals surface area contributed by atoms with Gasteiger partial charge in [0.05, 0.1) is 6.33 Å². The molecule has 2 aromatic rings. The molecule has 0 aromatic carbocycles. The summed E-state index contributed by atoms with van der Waals surface area (Å²) in [5.74, 6) is 1.45. The highest BCUT2D eigenvalue weighted by atomic mass is 15.2. The van der Waals surface area contributed by atoms with E-state index in [0.717, 1.165) is 30.8 Å². The molecule has 0 amide bonds. The van der Waals surface area contributed by atoms with Crippen LogP contribution < -0.4 is 10.6 Å². The molecule has 0 atom stereocenters. The molecule has 2 heterocycles. The van der Waals surface area contributed by atoms with Crippen LogP contribution in [0.4, 0.5) is 11.8 Å². The number of fused-ring (bicyclic) bond motifs is 1. The van der Waals surface area contributed by atoms with Gasteiger partial charge in [0.25, 0.3) is 0 Å². The Bertz CT molecular complexity index is 507. The van der Waals surface area contributed by atoms with Gasteiger partial charge in [-0.25, -0.2) is 4.98 Å². The first-order valence-electron chi connectivity index (χ1n) is 7.04. The predicted octanol–water partition coefficient (Wildman–Crippen LogP) is 2.78. The summed E-state index contributed by atoms with van der Waals surface area (Å²) in [6, 6.07) is 0. The van der Waals surface area contributed by atoms with Gasteiger partial charge < -0.3 is 15.6 Å². The average Bonchev–Trinajstić information content (AvgIpc) is 2.87. The van der Waals surface area contributed by atoms with Gasteiger partial charge in [0.2, 0.25) is 5.95 Å². The molecule has 0 aliphatic heterocycles. The number of H-pyrrole nitrogens is 1. The lowest BCUT2D eigenvalue weighted by molar-refractivity contribution is 0.684. The summed E-state index contributed by atoms with van der Waals surface area (Å²) in [5, 5.41) is 6.49.